The highest BCUT2D eigenvalue weighted by atomic mass is 16.3. The van der Waals surface area contributed by atoms with Crippen LogP contribution in [0.1, 0.15) is 0 Å². The Morgan fingerprint density at radius 2 is 0.930 bits per heavy atom. The summed E-state index contributed by atoms with van der Waals surface area (Å²) >= 11 is 0. The highest BCUT2D eigenvalue weighted by Crippen LogP contribution is 2.41. The maximum absolute atomic E-state index is 6.32. The second-order valence-corrected chi connectivity index (χ2v) is 14.7. The van der Waals surface area contributed by atoms with Crippen LogP contribution in [0.25, 0.3) is 121 Å². The molecule has 264 valence electrons. The van der Waals surface area contributed by atoms with Crippen LogP contribution < -0.4 is 0 Å². The Bertz CT molecular complexity index is 3480. The summed E-state index contributed by atoms with van der Waals surface area (Å²) in [5.41, 5.74) is 11.6. The van der Waals surface area contributed by atoms with Crippen molar-refractivity contribution in [3.8, 4) is 56.3 Å². The van der Waals surface area contributed by atoms with Gasteiger partial charge in [-0.15, -0.1) is 0 Å². The summed E-state index contributed by atoms with van der Waals surface area (Å²) in [7, 11) is 0. The summed E-state index contributed by atoms with van der Waals surface area (Å²) < 4.78 is 6.32. The third kappa shape index (κ3) is 5.04. The molecule has 0 amide bonds. The van der Waals surface area contributed by atoms with Crippen LogP contribution in [0, 0.1) is 0 Å². The van der Waals surface area contributed by atoms with Crippen molar-refractivity contribution in [1.29, 1.82) is 0 Å². The molecule has 0 radical (unpaired) electrons. The van der Waals surface area contributed by atoms with Gasteiger partial charge >= 0.3 is 0 Å². The van der Waals surface area contributed by atoms with Gasteiger partial charge in [0.1, 0.15) is 11.1 Å². The fraction of sp³-hybridized carbons (Fsp3) is 0. The highest BCUT2D eigenvalue weighted by Gasteiger charge is 2.18. The maximum atomic E-state index is 6.32. The van der Waals surface area contributed by atoms with Crippen molar-refractivity contribution in [3.63, 3.8) is 0 Å². The SMILES string of the molecule is c1ccc(-c2nc(-c3ccc(-c4nc5c6ccccc6oc5c5ccccc45)cc3)cc(-c3ccc(-c4ccc5ccc6cccc7ccc4c5c67)cc3)n2)cc1. The minimum absolute atomic E-state index is 0.688. The Balaban J connectivity index is 0.950. The van der Waals surface area contributed by atoms with Gasteiger partial charge in [-0.1, -0.05) is 170 Å². The molecular formula is C53H31N3O. The molecule has 0 saturated carbocycles. The number of fused-ring (bicyclic) bond motifs is 5. The quantitative estimate of drug-likeness (QED) is 0.166. The van der Waals surface area contributed by atoms with Gasteiger partial charge in [0.05, 0.1) is 17.1 Å². The Morgan fingerprint density at radius 1 is 0.351 bits per heavy atom. The van der Waals surface area contributed by atoms with Gasteiger partial charge in [-0.3, -0.25) is 0 Å². The molecule has 3 aromatic heterocycles. The lowest BCUT2D eigenvalue weighted by molar-refractivity contribution is 0.672. The van der Waals surface area contributed by atoms with E-state index in [2.05, 4.69) is 152 Å². The van der Waals surface area contributed by atoms with Gasteiger partial charge in [0, 0.05) is 38.4 Å². The topological polar surface area (TPSA) is 51.8 Å². The van der Waals surface area contributed by atoms with Crippen molar-refractivity contribution in [2.75, 3.05) is 0 Å². The number of benzene rings is 9. The van der Waals surface area contributed by atoms with Crippen molar-refractivity contribution in [2.24, 2.45) is 0 Å². The lowest BCUT2D eigenvalue weighted by atomic mass is 9.89. The van der Waals surface area contributed by atoms with E-state index in [9.17, 15) is 0 Å². The molecule has 0 aliphatic heterocycles. The summed E-state index contributed by atoms with van der Waals surface area (Å²) in [6, 6.07) is 66.2. The number of nitrogens with zero attached hydrogens (tertiary/aromatic N) is 3. The molecule has 0 bridgehead atoms. The zero-order valence-corrected chi connectivity index (χ0v) is 30.6. The summed E-state index contributed by atoms with van der Waals surface area (Å²) in [5, 5.41) is 10.9. The highest BCUT2D eigenvalue weighted by molar-refractivity contribution is 6.25. The fourth-order valence-electron chi connectivity index (χ4n) is 8.67. The van der Waals surface area contributed by atoms with Crippen LogP contribution >= 0.6 is 0 Å². The first kappa shape index (κ1) is 31.6. The molecule has 4 heteroatoms. The molecule has 3 heterocycles. The summed E-state index contributed by atoms with van der Waals surface area (Å²) in [5.74, 6) is 0.688. The van der Waals surface area contributed by atoms with E-state index in [1.807, 2.05) is 36.4 Å². The molecule has 12 aromatic rings. The second-order valence-electron chi connectivity index (χ2n) is 14.7. The lowest BCUT2D eigenvalue weighted by Crippen LogP contribution is -1.96. The third-order valence-electron chi connectivity index (χ3n) is 11.5. The molecule has 0 atom stereocenters. The molecule has 57 heavy (non-hydrogen) atoms. The molecule has 0 N–H and O–H groups in total. The molecule has 0 spiro atoms. The second kappa shape index (κ2) is 12.4. The van der Waals surface area contributed by atoms with Gasteiger partial charge < -0.3 is 4.42 Å². The van der Waals surface area contributed by atoms with Crippen LogP contribution in [-0.2, 0) is 0 Å². The van der Waals surface area contributed by atoms with E-state index in [4.69, 9.17) is 19.4 Å². The van der Waals surface area contributed by atoms with Gasteiger partial charge in [-0.25, -0.2) is 15.0 Å². The van der Waals surface area contributed by atoms with Gasteiger partial charge in [0.15, 0.2) is 11.4 Å². The zero-order chi connectivity index (χ0) is 37.5. The molecule has 0 aliphatic carbocycles. The molecule has 0 fully saturated rings. The van der Waals surface area contributed by atoms with Crippen LogP contribution in [0.2, 0.25) is 0 Å². The number of pyridine rings is 1. The van der Waals surface area contributed by atoms with Gasteiger partial charge in [0.25, 0.3) is 0 Å². The van der Waals surface area contributed by atoms with Crippen LogP contribution in [0.4, 0.5) is 0 Å². The van der Waals surface area contributed by atoms with Crippen LogP contribution in [0.15, 0.2) is 192 Å². The third-order valence-corrected chi connectivity index (χ3v) is 11.5. The Labute approximate surface area is 327 Å². The number of para-hydroxylation sites is 1. The Kier molecular flexibility index (Phi) is 6.89. The predicted molar refractivity (Wildman–Crippen MR) is 235 cm³/mol. The monoisotopic (exact) mass is 725 g/mol. The van der Waals surface area contributed by atoms with E-state index in [0.29, 0.717) is 5.82 Å². The lowest BCUT2D eigenvalue weighted by Gasteiger charge is -2.14. The average Bonchev–Trinajstić information content (AvgIpc) is 3.67. The normalized spacial score (nSPS) is 11.9. The van der Waals surface area contributed by atoms with E-state index >= 15 is 0 Å². The van der Waals surface area contributed by atoms with Crippen molar-refractivity contribution in [3.05, 3.63) is 188 Å². The minimum atomic E-state index is 0.688. The number of hydrogen-bond donors (Lipinski definition) is 0. The Hall–Kier alpha value is -7.69. The standard InChI is InChI=1S/C53H31N3O/c1-2-9-39(10-3-1)53-54-45(33-19-17-32(18-20-33)40-29-27-37-24-23-35-11-8-12-36-28-30-41(40)49(37)48(35)36)31-46(55-53)34-21-25-38(26-22-34)50-42-13-4-5-14-43(42)52-51(56-50)44-15-6-7-16-47(44)57-52/h1-31H. The minimum Gasteiger partial charge on any atom is -0.454 e. The van der Waals surface area contributed by atoms with Crippen LogP contribution in [0.5, 0.6) is 0 Å². The van der Waals surface area contributed by atoms with E-state index in [0.717, 1.165) is 72.2 Å². The van der Waals surface area contributed by atoms with E-state index in [-0.39, 0.29) is 0 Å². The van der Waals surface area contributed by atoms with Crippen molar-refractivity contribution >= 4 is 65.2 Å². The first-order valence-corrected chi connectivity index (χ1v) is 19.3. The van der Waals surface area contributed by atoms with E-state index in [1.165, 1.54) is 43.4 Å². The number of hydrogen-bond acceptors (Lipinski definition) is 4. The number of aromatic nitrogens is 3. The largest absolute Gasteiger partial charge is 0.454 e. The molecule has 9 aromatic carbocycles. The van der Waals surface area contributed by atoms with Gasteiger partial charge in [-0.05, 0) is 61.6 Å². The zero-order valence-electron chi connectivity index (χ0n) is 30.6. The smallest absolute Gasteiger partial charge is 0.161 e. The van der Waals surface area contributed by atoms with Crippen LogP contribution in [0.3, 0.4) is 0 Å². The molecular weight excluding hydrogens is 695 g/mol. The summed E-state index contributed by atoms with van der Waals surface area (Å²) in [4.78, 5) is 15.5. The van der Waals surface area contributed by atoms with Gasteiger partial charge in [0.2, 0.25) is 0 Å². The first-order chi connectivity index (χ1) is 28.2. The van der Waals surface area contributed by atoms with Crippen molar-refractivity contribution in [2.45, 2.75) is 0 Å². The molecule has 4 nitrogen and oxygen atoms in total. The first-order valence-electron chi connectivity index (χ1n) is 19.3. The van der Waals surface area contributed by atoms with Crippen LogP contribution in [-0.4, -0.2) is 15.0 Å². The predicted octanol–water partition coefficient (Wildman–Crippen LogP) is 14.2. The average molecular weight is 726 g/mol. The fourth-order valence-corrected chi connectivity index (χ4v) is 8.67. The number of furan rings is 1. The molecule has 0 aliphatic rings. The van der Waals surface area contributed by atoms with Gasteiger partial charge in [-0.2, -0.15) is 0 Å². The summed E-state index contributed by atoms with van der Waals surface area (Å²) in [6.07, 6.45) is 0. The molecule has 0 saturated heterocycles. The Morgan fingerprint density at radius 3 is 1.67 bits per heavy atom. The molecule has 0 unspecified atom stereocenters. The van der Waals surface area contributed by atoms with E-state index in [1.54, 1.807) is 0 Å². The van der Waals surface area contributed by atoms with Crippen molar-refractivity contribution < 1.29 is 4.42 Å². The summed E-state index contributed by atoms with van der Waals surface area (Å²) in [6.45, 7) is 0. The molecule has 12 rings (SSSR count). The van der Waals surface area contributed by atoms with Crippen molar-refractivity contribution in [1.82, 2.24) is 15.0 Å². The maximum Gasteiger partial charge on any atom is 0.161 e. The van der Waals surface area contributed by atoms with E-state index < -0.39 is 0 Å². The number of rotatable bonds is 5.